The fourth-order valence-electron chi connectivity index (χ4n) is 2.77. The fraction of sp³-hybridized carbons (Fsp3) is 0.294. The number of carbonyl (C=O) groups excluding carboxylic acids is 2. The Balaban J connectivity index is 1.75. The van der Waals surface area contributed by atoms with Crippen molar-refractivity contribution in [2.24, 2.45) is 11.7 Å². The molecule has 0 radical (unpaired) electrons. The van der Waals surface area contributed by atoms with Gasteiger partial charge in [-0.3, -0.25) is 9.59 Å². The highest BCUT2D eigenvalue weighted by Gasteiger charge is 2.28. The molecule has 1 atom stereocenters. The Morgan fingerprint density at radius 1 is 1.17 bits per heavy atom. The minimum atomic E-state index is -0.347. The maximum Gasteiger partial charge on any atom is 0.263 e. The number of hydrogen-bond donors (Lipinski definition) is 1. The zero-order chi connectivity index (χ0) is 16.4. The summed E-state index contributed by atoms with van der Waals surface area (Å²) in [7, 11) is 0. The van der Waals surface area contributed by atoms with Crippen molar-refractivity contribution in [3.05, 3.63) is 47.1 Å². The lowest BCUT2D eigenvalue weighted by atomic mass is 9.97. The minimum Gasteiger partial charge on any atom is -0.369 e. The number of amides is 2. The predicted molar refractivity (Wildman–Crippen MR) is 87.5 cm³/mol. The molecule has 0 bridgehead atoms. The molecule has 2 amide bonds. The first kappa shape index (κ1) is 15.7. The molecule has 120 valence electrons. The molecule has 1 aliphatic rings. The summed E-state index contributed by atoms with van der Waals surface area (Å²) < 4.78 is 13.0. The Hall–Kier alpha value is -2.21. The summed E-state index contributed by atoms with van der Waals surface area (Å²) in [5, 5.41) is 0. The van der Waals surface area contributed by atoms with E-state index < -0.39 is 0 Å². The van der Waals surface area contributed by atoms with Gasteiger partial charge in [0.05, 0.1) is 10.8 Å². The number of halogens is 1. The van der Waals surface area contributed by atoms with Crippen LogP contribution in [-0.2, 0) is 4.79 Å². The van der Waals surface area contributed by atoms with Gasteiger partial charge >= 0.3 is 0 Å². The van der Waals surface area contributed by atoms with Crippen molar-refractivity contribution < 1.29 is 14.0 Å². The second-order valence-electron chi connectivity index (χ2n) is 5.66. The molecular formula is C17H17FN2O2S. The molecule has 2 N–H and O–H groups in total. The molecule has 23 heavy (non-hydrogen) atoms. The quantitative estimate of drug-likeness (QED) is 0.939. The van der Waals surface area contributed by atoms with E-state index in [1.165, 1.54) is 23.5 Å². The maximum absolute atomic E-state index is 13.0. The maximum atomic E-state index is 13.0. The highest BCUT2D eigenvalue weighted by molar-refractivity contribution is 7.17. The fourth-order valence-corrected chi connectivity index (χ4v) is 3.75. The number of hydrogen-bond acceptors (Lipinski definition) is 3. The van der Waals surface area contributed by atoms with Gasteiger partial charge < -0.3 is 10.6 Å². The highest BCUT2D eigenvalue weighted by atomic mass is 32.1. The third-order valence-electron chi connectivity index (χ3n) is 4.06. The molecular weight excluding hydrogens is 315 g/mol. The van der Waals surface area contributed by atoms with Crippen molar-refractivity contribution in [1.82, 2.24) is 4.90 Å². The lowest BCUT2D eigenvalue weighted by molar-refractivity contribution is -0.123. The largest absolute Gasteiger partial charge is 0.369 e. The monoisotopic (exact) mass is 332 g/mol. The van der Waals surface area contributed by atoms with Gasteiger partial charge in [-0.2, -0.15) is 0 Å². The molecule has 1 aliphatic heterocycles. The number of likely N-dealkylation sites (tertiary alicyclic amines) is 1. The van der Waals surface area contributed by atoms with Crippen molar-refractivity contribution in [3.8, 4) is 10.4 Å². The second-order valence-corrected chi connectivity index (χ2v) is 6.75. The molecule has 1 unspecified atom stereocenters. The van der Waals surface area contributed by atoms with Crippen molar-refractivity contribution in [2.75, 3.05) is 13.1 Å². The number of carbonyl (C=O) groups is 2. The molecule has 2 heterocycles. The van der Waals surface area contributed by atoms with Gasteiger partial charge in [0.25, 0.3) is 5.91 Å². The van der Waals surface area contributed by atoms with E-state index in [1.807, 2.05) is 6.07 Å². The Labute approximate surface area is 137 Å². The van der Waals surface area contributed by atoms with Crippen LogP contribution in [-0.4, -0.2) is 29.8 Å². The minimum absolute atomic E-state index is 0.0747. The molecule has 2 aromatic rings. The van der Waals surface area contributed by atoms with Gasteiger partial charge in [0.1, 0.15) is 5.82 Å². The highest BCUT2D eigenvalue weighted by Crippen LogP contribution is 2.30. The average molecular weight is 332 g/mol. The molecule has 1 saturated heterocycles. The van der Waals surface area contributed by atoms with Gasteiger partial charge in [-0.05, 0) is 42.7 Å². The van der Waals surface area contributed by atoms with Crippen LogP contribution in [0.1, 0.15) is 22.5 Å². The van der Waals surface area contributed by atoms with Crippen molar-refractivity contribution in [2.45, 2.75) is 12.8 Å². The number of thiophene rings is 1. The van der Waals surface area contributed by atoms with Gasteiger partial charge in [0.2, 0.25) is 5.91 Å². The predicted octanol–water partition coefficient (Wildman–Crippen LogP) is 2.89. The van der Waals surface area contributed by atoms with Crippen LogP contribution in [0.25, 0.3) is 10.4 Å². The molecule has 4 nitrogen and oxygen atoms in total. The van der Waals surface area contributed by atoms with Gasteiger partial charge in [0, 0.05) is 18.0 Å². The first-order valence-corrected chi connectivity index (χ1v) is 8.30. The Kier molecular flexibility index (Phi) is 4.43. The van der Waals surface area contributed by atoms with Crippen LogP contribution in [0.4, 0.5) is 4.39 Å². The van der Waals surface area contributed by atoms with E-state index in [9.17, 15) is 14.0 Å². The van der Waals surface area contributed by atoms with Crippen molar-refractivity contribution in [1.29, 1.82) is 0 Å². The lowest BCUT2D eigenvalue weighted by Crippen LogP contribution is -2.43. The number of benzene rings is 1. The zero-order valence-corrected chi connectivity index (χ0v) is 13.3. The summed E-state index contributed by atoms with van der Waals surface area (Å²) in [6.07, 6.45) is 1.53. The summed E-state index contributed by atoms with van der Waals surface area (Å²) in [5.74, 6) is -0.966. The summed E-state index contributed by atoms with van der Waals surface area (Å²) in [4.78, 5) is 27.1. The molecule has 3 rings (SSSR count). The summed E-state index contributed by atoms with van der Waals surface area (Å²) >= 11 is 1.37. The standard InChI is InChI=1S/C17H17FN2O2S/c18-13-5-3-11(4-6-13)14-7-8-15(23-14)17(22)20-9-1-2-12(10-20)16(19)21/h3-8,12H,1-2,9-10H2,(H2,19,21). The van der Waals surface area contributed by atoms with E-state index >= 15 is 0 Å². The van der Waals surface area contributed by atoms with Crippen molar-refractivity contribution >= 4 is 23.2 Å². The van der Waals surface area contributed by atoms with Crippen LogP contribution >= 0.6 is 11.3 Å². The number of primary amides is 1. The number of piperidine rings is 1. The summed E-state index contributed by atoms with van der Waals surface area (Å²) in [6.45, 7) is 1.03. The summed E-state index contributed by atoms with van der Waals surface area (Å²) in [6, 6.07) is 9.83. The molecule has 1 aromatic heterocycles. The van der Waals surface area contributed by atoms with E-state index in [0.717, 1.165) is 23.3 Å². The van der Waals surface area contributed by atoms with E-state index in [-0.39, 0.29) is 23.5 Å². The van der Waals surface area contributed by atoms with Crippen molar-refractivity contribution in [3.63, 3.8) is 0 Å². The molecule has 1 aromatic carbocycles. The third kappa shape index (κ3) is 3.42. The molecule has 0 aliphatic carbocycles. The molecule has 1 fully saturated rings. The van der Waals surface area contributed by atoms with E-state index in [4.69, 9.17) is 5.73 Å². The zero-order valence-electron chi connectivity index (χ0n) is 12.5. The van der Waals surface area contributed by atoms with E-state index in [2.05, 4.69) is 0 Å². The number of nitrogens with two attached hydrogens (primary N) is 1. The smallest absolute Gasteiger partial charge is 0.263 e. The lowest BCUT2D eigenvalue weighted by Gasteiger charge is -2.30. The molecule has 0 saturated carbocycles. The van der Waals surface area contributed by atoms with Crippen LogP contribution in [0.3, 0.4) is 0 Å². The van der Waals surface area contributed by atoms with Crippen LogP contribution < -0.4 is 5.73 Å². The SMILES string of the molecule is NC(=O)C1CCCN(C(=O)c2ccc(-c3ccc(F)cc3)s2)C1. The van der Waals surface area contributed by atoms with Gasteiger partial charge in [-0.1, -0.05) is 12.1 Å². The Morgan fingerprint density at radius 2 is 1.91 bits per heavy atom. The summed E-state index contributed by atoms with van der Waals surface area (Å²) in [5.41, 5.74) is 6.23. The first-order valence-electron chi connectivity index (χ1n) is 7.49. The Bertz CT molecular complexity index is 726. The topological polar surface area (TPSA) is 63.4 Å². The van der Waals surface area contributed by atoms with Crippen LogP contribution in [0, 0.1) is 11.7 Å². The van der Waals surface area contributed by atoms with Gasteiger partial charge in [-0.25, -0.2) is 4.39 Å². The second kappa shape index (κ2) is 6.50. The van der Waals surface area contributed by atoms with Gasteiger partial charge in [0.15, 0.2) is 0 Å². The number of nitrogens with zero attached hydrogens (tertiary/aromatic N) is 1. The van der Waals surface area contributed by atoms with Crippen LogP contribution in [0.2, 0.25) is 0 Å². The van der Waals surface area contributed by atoms with Crippen LogP contribution in [0.15, 0.2) is 36.4 Å². The van der Waals surface area contributed by atoms with Gasteiger partial charge in [-0.15, -0.1) is 11.3 Å². The van der Waals surface area contributed by atoms with E-state index in [0.29, 0.717) is 18.0 Å². The molecule has 0 spiro atoms. The normalized spacial score (nSPS) is 18.0. The average Bonchev–Trinajstić information content (AvgIpc) is 3.05. The molecule has 6 heteroatoms. The van der Waals surface area contributed by atoms with E-state index in [1.54, 1.807) is 23.1 Å². The third-order valence-corrected chi connectivity index (χ3v) is 5.18. The van der Waals surface area contributed by atoms with Crippen LogP contribution in [0.5, 0.6) is 0 Å². The Morgan fingerprint density at radius 3 is 2.61 bits per heavy atom. The first-order chi connectivity index (χ1) is 11.0. The number of rotatable bonds is 3.